The summed E-state index contributed by atoms with van der Waals surface area (Å²) in [6.07, 6.45) is 0. The van der Waals surface area contributed by atoms with E-state index in [0.717, 1.165) is 0 Å². The van der Waals surface area contributed by atoms with Crippen molar-refractivity contribution >= 4 is 23.2 Å². The van der Waals surface area contributed by atoms with Crippen LogP contribution >= 0.6 is 11.6 Å². The number of nitrogens with zero attached hydrogens (tertiary/aromatic N) is 1. The minimum Gasteiger partial charge on any atom is -0.507 e. The average Bonchev–Trinajstić information content (AvgIpc) is 2.47. The summed E-state index contributed by atoms with van der Waals surface area (Å²) in [6.45, 7) is 0.183. The predicted octanol–water partition coefficient (Wildman–Crippen LogP) is 2.88. The maximum Gasteiger partial charge on any atom is 0.269 e. The molecular formula is C14H11ClN2O4. The van der Waals surface area contributed by atoms with Crippen molar-refractivity contribution < 1.29 is 14.8 Å². The van der Waals surface area contributed by atoms with E-state index >= 15 is 0 Å². The van der Waals surface area contributed by atoms with Gasteiger partial charge in [0.2, 0.25) is 0 Å². The molecule has 0 fully saturated rings. The first-order valence-electron chi connectivity index (χ1n) is 5.97. The zero-order valence-electron chi connectivity index (χ0n) is 10.7. The summed E-state index contributed by atoms with van der Waals surface area (Å²) >= 11 is 5.77. The van der Waals surface area contributed by atoms with E-state index in [4.69, 9.17) is 11.6 Å². The number of halogens is 1. The van der Waals surface area contributed by atoms with Gasteiger partial charge in [-0.3, -0.25) is 14.9 Å². The molecule has 2 rings (SSSR count). The van der Waals surface area contributed by atoms with Gasteiger partial charge in [0.15, 0.2) is 0 Å². The number of carbonyl (C=O) groups is 1. The Morgan fingerprint density at radius 2 is 1.90 bits per heavy atom. The standard InChI is InChI=1S/C14H11ClN2O4/c15-10-3-6-13(18)12(7-10)14(19)16-8-9-1-4-11(5-2-9)17(20)21/h1-7,18H,8H2,(H,16,19). The summed E-state index contributed by atoms with van der Waals surface area (Å²) in [5.74, 6) is -0.644. The average molecular weight is 307 g/mol. The van der Waals surface area contributed by atoms with Crippen molar-refractivity contribution in [2.24, 2.45) is 0 Å². The number of non-ortho nitro benzene ring substituents is 1. The Hall–Kier alpha value is -2.60. The highest BCUT2D eigenvalue weighted by Crippen LogP contribution is 2.21. The molecule has 0 aromatic heterocycles. The Balaban J connectivity index is 2.04. The number of benzene rings is 2. The molecule has 0 aliphatic carbocycles. The first kappa shape index (κ1) is 14.8. The van der Waals surface area contributed by atoms with Gasteiger partial charge in [-0.25, -0.2) is 0 Å². The van der Waals surface area contributed by atoms with E-state index in [1.54, 1.807) is 12.1 Å². The van der Waals surface area contributed by atoms with Crippen LogP contribution in [0.3, 0.4) is 0 Å². The number of hydrogen-bond acceptors (Lipinski definition) is 4. The van der Waals surface area contributed by atoms with Gasteiger partial charge >= 0.3 is 0 Å². The van der Waals surface area contributed by atoms with E-state index in [0.29, 0.717) is 10.6 Å². The number of hydrogen-bond donors (Lipinski definition) is 2. The third kappa shape index (κ3) is 3.70. The van der Waals surface area contributed by atoms with Crippen molar-refractivity contribution in [1.82, 2.24) is 5.32 Å². The Morgan fingerprint density at radius 3 is 2.52 bits per heavy atom. The smallest absolute Gasteiger partial charge is 0.269 e. The number of amides is 1. The van der Waals surface area contributed by atoms with Crippen LogP contribution in [0.5, 0.6) is 5.75 Å². The van der Waals surface area contributed by atoms with Gasteiger partial charge in [-0.2, -0.15) is 0 Å². The predicted molar refractivity (Wildman–Crippen MR) is 77.4 cm³/mol. The molecule has 2 N–H and O–H groups in total. The maximum atomic E-state index is 11.9. The Bertz CT molecular complexity index is 686. The van der Waals surface area contributed by atoms with E-state index < -0.39 is 10.8 Å². The van der Waals surface area contributed by atoms with Crippen LogP contribution in [0, 0.1) is 10.1 Å². The first-order chi connectivity index (χ1) is 9.97. The summed E-state index contributed by atoms with van der Waals surface area (Å²) in [7, 11) is 0. The van der Waals surface area contributed by atoms with Crippen molar-refractivity contribution in [3.8, 4) is 5.75 Å². The molecule has 0 aliphatic rings. The van der Waals surface area contributed by atoms with Crippen molar-refractivity contribution in [2.75, 3.05) is 0 Å². The van der Waals surface area contributed by atoms with Crippen molar-refractivity contribution in [3.05, 3.63) is 68.7 Å². The number of phenols is 1. The molecule has 0 atom stereocenters. The lowest BCUT2D eigenvalue weighted by molar-refractivity contribution is -0.384. The summed E-state index contributed by atoms with van der Waals surface area (Å²) in [5.41, 5.74) is 0.762. The molecule has 0 saturated heterocycles. The summed E-state index contributed by atoms with van der Waals surface area (Å²) in [6, 6.07) is 10.00. The lowest BCUT2D eigenvalue weighted by Gasteiger charge is -2.07. The van der Waals surface area contributed by atoms with Crippen molar-refractivity contribution in [2.45, 2.75) is 6.54 Å². The molecule has 7 heteroatoms. The third-order valence-corrected chi connectivity index (χ3v) is 3.04. The molecule has 0 radical (unpaired) electrons. The summed E-state index contributed by atoms with van der Waals surface area (Å²) in [5, 5.41) is 23.1. The normalized spacial score (nSPS) is 10.1. The highest BCUT2D eigenvalue weighted by molar-refractivity contribution is 6.31. The summed E-state index contributed by atoms with van der Waals surface area (Å²) in [4.78, 5) is 22.0. The number of phenolic OH excluding ortho intramolecular Hbond substituents is 1. The molecule has 0 saturated carbocycles. The van der Waals surface area contributed by atoms with Crippen molar-refractivity contribution in [1.29, 1.82) is 0 Å². The molecule has 2 aromatic carbocycles. The zero-order chi connectivity index (χ0) is 15.4. The topological polar surface area (TPSA) is 92.5 Å². The van der Waals surface area contributed by atoms with Crippen LogP contribution in [-0.2, 0) is 6.54 Å². The lowest BCUT2D eigenvalue weighted by atomic mass is 10.1. The molecule has 0 unspecified atom stereocenters. The Morgan fingerprint density at radius 1 is 1.24 bits per heavy atom. The number of rotatable bonds is 4. The fourth-order valence-electron chi connectivity index (χ4n) is 1.70. The molecule has 6 nitrogen and oxygen atoms in total. The van der Waals surface area contributed by atoms with E-state index in [1.165, 1.54) is 30.3 Å². The zero-order valence-corrected chi connectivity index (χ0v) is 11.5. The van der Waals surface area contributed by atoms with Crippen LogP contribution in [0.4, 0.5) is 5.69 Å². The van der Waals surface area contributed by atoms with Gasteiger partial charge in [0.25, 0.3) is 11.6 Å². The molecule has 0 spiro atoms. The maximum absolute atomic E-state index is 11.9. The van der Waals surface area contributed by atoms with Gasteiger partial charge < -0.3 is 10.4 Å². The first-order valence-corrected chi connectivity index (χ1v) is 6.35. The van der Waals surface area contributed by atoms with Gasteiger partial charge in [0.1, 0.15) is 5.75 Å². The number of nitrogens with one attached hydrogen (secondary N) is 1. The van der Waals surface area contributed by atoms with E-state index in [-0.39, 0.29) is 23.5 Å². The van der Waals surface area contributed by atoms with Crippen LogP contribution in [0.15, 0.2) is 42.5 Å². The highest BCUT2D eigenvalue weighted by Gasteiger charge is 2.11. The van der Waals surface area contributed by atoms with Gasteiger partial charge in [0.05, 0.1) is 10.5 Å². The second kappa shape index (κ2) is 6.23. The fraction of sp³-hybridized carbons (Fsp3) is 0.0714. The van der Waals surface area contributed by atoms with E-state index in [1.807, 2.05) is 0 Å². The van der Waals surface area contributed by atoms with E-state index in [9.17, 15) is 20.0 Å². The minimum atomic E-state index is -0.494. The van der Waals surface area contributed by atoms with Gasteiger partial charge in [-0.05, 0) is 23.8 Å². The Labute approximate surface area is 125 Å². The van der Waals surface area contributed by atoms with Crippen LogP contribution < -0.4 is 5.32 Å². The van der Waals surface area contributed by atoms with Crippen LogP contribution in [0.25, 0.3) is 0 Å². The molecule has 0 bridgehead atoms. The lowest BCUT2D eigenvalue weighted by Crippen LogP contribution is -2.22. The Kier molecular flexibility index (Phi) is 4.39. The molecule has 0 heterocycles. The highest BCUT2D eigenvalue weighted by atomic mass is 35.5. The molecule has 1 amide bonds. The van der Waals surface area contributed by atoms with Crippen LogP contribution in [0.2, 0.25) is 5.02 Å². The molecule has 0 aliphatic heterocycles. The van der Waals surface area contributed by atoms with Gasteiger partial charge in [0, 0.05) is 23.7 Å². The molecule has 21 heavy (non-hydrogen) atoms. The van der Waals surface area contributed by atoms with Crippen LogP contribution in [-0.4, -0.2) is 15.9 Å². The van der Waals surface area contributed by atoms with Crippen molar-refractivity contribution in [3.63, 3.8) is 0 Å². The van der Waals surface area contributed by atoms with Crippen LogP contribution in [0.1, 0.15) is 15.9 Å². The second-order valence-corrected chi connectivity index (χ2v) is 4.70. The molecule has 2 aromatic rings. The number of aromatic hydroxyl groups is 1. The quantitative estimate of drug-likeness (QED) is 0.671. The fourth-order valence-corrected chi connectivity index (χ4v) is 1.88. The number of nitro groups is 1. The number of nitro benzene ring substituents is 1. The van der Waals surface area contributed by atoms with E-state index in [2.05, 4.69) is 5.32 Å². The van der Waals surface area contributed by atoms with Gasteiger partial charge in [-0.15, -0.1) is 0 Å². The summed E-state index contributed by atoms with van der Waals surface area (Å²) < 4.78 is 0. The third-order valence-electron chi connectivity index (χ3n) is 2.80. The SMILES string of the molecule is O=C(NCc1ccc([N+](=O)[O-])cc1)c1cc(Cl)ccc1O. The minimum absolute atomic E-state index is 0.0161. The second-order valence-electron chi connectivity index (χ2n) is 4.27. The molecular weight excluding hydrogens is 296 g/mol. The molecule has 108 valence electrons. The number of carbonyl (C=O) groups excluding carboxylic acids is 1. The monoisotopic (exact) mass is 306 g/mol. The largest absolute Gasteiger partial charge is 0.507 e. The van der Waals surface area contributed by atoms with Gasteiger partial charge in [-0.1, -0.05) is 23.7 Å².